The second-order valence-corrected chi connectivity index (χ2v) is 4.19. The van der Waals surface area contributed by atoms with Crippen LogP contribution >= 0.6 is 0 Å². The zero-order valence-corrected chi connectivity index (χ0v) is 11.6. The molecule has 110 valence electrons. The van der Waals surface area contributed by atoms with Gasteiger partial charge in [0.15, 0.2) is 0 Å². The number of amides is 2. The summed E-state index contributed by atoms with van der Waals surface area (Å²) in [7, 11) is 0. The first-order chi connectivity index (χ1) is 10.2. The number of nitrogens with one attached hydrogen (secondary N) is 2. The quantitative estimate of drug-likeness (QED) is 0.889. The smallest absolute Gasteiger partial charge is 0.319 e. The molecule has 5 nitrogen and oxygen atoms in total. The second-order valence-electron chi connectivity index (χ2n) is 4.19. The lowest BCUT2D eigenvalue weighted by molar-refractivity contribution is 0.251. The average molecular weight is 289 g/mol. The number of carbonyl (C=O) groups excluding carboxylic acids is 1. The van der Waals surface area contributed by atoms with Crippen molar-refractivity contribution in [3.05, 3.63) is 54.0 Å². The molecule has 0 radical (unpaired) electrons. The fourth-order valence-corrected chi connectivity index (χ4v) is 1.72. The molecule has 2 rings (SSSR count). The van der Waals surface area contributed by atoms with Crippen LogP contribution < -0.4 is 15.4 Å². The van der Waals surface area contributed by atoms with Crippen molar-refractivity contribution in [2.24, 2.45) is 0 Å². The topological polar surface area (TPSA) is 63.2 Å². The lowest BCUT2D eigenvalue weighted by Crippen LogP contribution is -2.28. The molecule has 0 aliphatic heterocycles. The summed E-state index contributed by atoms with van der Waals surface area (Å²) in [4.78, 5) is 15.9. The van der Waals surface area contributed by atoms with Crippen LogP contribution in [0.4, 0.5) is 14.9 Å². The van der Waals surface area contributed by atoms with E-state index < -0.39 is 6.03 Å². The third-order valence-electron chi connectivity index (χ3n) is 2.70. The number of carbonyl (C=O) groups is 1. The molecule has 2 N–H and O–H groups in total. The van der Waals surface area contributed by atoms with E-state index in [-0.39, 0.29) is 12.4 Å². The van der Waals surface area contributed by atoms with Gasteiger partial charge in [-0.15, -0.1) is 0 Å². The summed E-state index contributed by atoms with van der Waals surface area (Å²) in [6, 6.07) is 9.20. The Morgan fingerprint density at radius 1 is 1.29 bits per heavy atom. The number of benzene rings is 1. The predicted octanol–water partition coefficient (Wildman–Crippen LogP) is 2.94. The van der Waals surface area contributed by atoms with Crippen LogP contribution in [0.25, 0.3) is 0 Å². The van der Waals surface area contributed by atoms with E-state index in [2.05, 4.69) is 15.6 Å². The van der Waals surface area contributed by atoms with Gasteiger partial charge in [-0.3, -0.25) is 0 Å². The summed E-state index contributed by atoms with van der Waals surface area (Å²) in [5.41, 5.74) is 0.884. The van der Waals surface area contributed by atoms with E-state index >= 15 is 0 Å². The molecule has 6 heteroatoms. The minimum absolute atomic E-state index is 0.0999. The monoisotopic (exact) mass is 289 g/mol. The molecule has 0 atom stereocenters. The van der Waals surface area contributed by atoms with Gasteiger partial charge in [0.25, 0.3) is 0 Å². The van der Waals surface area contributed by atoms with Gasteiger partial charge in [-0.25, -0.2) is 14.2 Å². The minimum atomic E-state index is -0.452. The van der Waals surface area contributed by atoms with E-state index in [0.29, 0.717) is 23.7 Å². The maximum atomic E-state index is 13.4. The first kappa shape index (κ1) is 14.8. The average Bonchev–Trinajstić information content (AvgIpc) is 2.49. The van der Waals surface area contributed by atoms with Crippen molar-refractivity contribution in [3.8, 4) is 5.88 Å². The van der Waals surface area contributed by atoms with Crippen LogP contribution in [0.3, 0.4) is 0 Å². The Morgan fingerprint density at radius 2 is 2.10 bits per heavy atom. The molecular formula is C15H16FN3O2. The number of ether oxygens (including phenoxy) is 1. The third kappa shape index (κ3) is 4.17. The van der Waals surface area contributed by atoms with Gasteiger partial charge >= 0.3 is 6.03 Å². The SMILES string of the molecule is CCOc1ncccc1NC(=O)NCc1ccccc1F. The minimum Gasteiger partial charge on any atom is -0.476 e. The molecule has 2 aromatic rings. The van der Waals surface area contributed by atoms with Crippen molar-refractivity contribution < 1.29 is 13.9 Å². The highest BCUT2D eigenvalue weighted by molar-refractivity contribution is 5.90. The van der Waals surface area contributed by atoms with E-state index in [4.69, 9.17) is 4.74 Å². The second kappa shape index (κ2) is 7.23. The number of anilines is 1. The van der Waals surface area contributed by atoms with Gasteiger partial charge in [0.1, 0.15) is 11.5 Å². The van der Waals surface area contributed by atoms with E-state index in [0.717, 1.165) is 0 Å². The van der Waals surface area contributed by atoms with Crippen LogP contribution in [0.5, 0.6) is 5.88 Å². The Balaban J connectivity index is 1.95. The maximum Gasteiger partial charge on any atom is 0.319 e. The summed E-state index contributed by atoms with van der Waals surface area (Å²) < 4.78 is 18.7. The summed E-state index contributed by atoms with van der Waals surface area (Å²) in [6.07, 6.45) is 1.58. The number of aromatic nitrogens is 1. The van der Waals surface area contributed by atoms with Gasteiger partial charge < -0.3 is 15.4 Å². The first-order valence-corrected chi connectivity index (χ1v) is 6.56. The van der Waals surface area contributed by atoms with Gasteiger partial charge in [-0.05, 0) is 25.1 Å². The number of urea groups is 1. The number of hydrogen-bond acceptors (Lipinski definition) is 3. The Morgan fingerprint density at radius 3 is 2.86 bits per heavy atom. The molecule has 0 aliphatic rings. The molecule has 21 heavy (non-hydrogen) atoms. The fraction of sp³-hybridized carbons (Fsp3) is 0.200. The van der Waals surface area contributed by atoms with Crippen molar-refractivity contribution in [2.45, 2.75) is 13.5 Å². The standard InChI is InChI=1S/C15H16FN3O2/c1-2-21-14-13(8-5-9-17-14)19-15(20)18-10-11-6-3-4-7-12(11)16/h3-9H,2,10H2,1H3,(H2,18,19,20). The normalized spacial score (nSPS) is 10.0. The maximum absolute atomic E-state index is 13.4. The summed E-state index contributed by atoms with van der Waals surface area (Å²) in [5.74, 6) is -0.00442. The van der Waals surface area contributed by atoms with Crippen LogP contribution in [0.15, 0.2) is 42.6 Å². The molecule has 2 amide bonds. The van der Waals surface area contributed by atoms with E-state index in [1.807, 2.05) is 6.92 Å². The highest BCUT2D eigenvalue weighted by Gasteiger charge is 2.09. The molecule has 0 spiro atoms. The highest BCUT2D eigenvalue weighted by Crippen LogP contribution is 2.20. The fourth-order valence-electron chi connectivity index (χ4n) is 1.72. The number of pyridine rings is 1. The lowest BCUT2D eigenvalue weighted by Gasteiger charge is -2.11. The van der Waals surface area contributed by atoms with Crippen LogP contribution in [-0.4, -0.2) is 17.6 Å². The van der Waals surface area contributed by atoms with E-state index in [9.17, 15) is 9.18 Å². The molecular weight excluding hydrogens is 273 g/mol. The van der Waals surface area contributed by atoms with Crippen molar-refractivity contribution in [3.63, 3.8) is 0 Å². The Kier molecular flexibility index (Phi) is 5.09. The molecule has 0 bridgehead atoms. The number of rotatable bonds is 5. The van der Waals surface area contributed by atoms with Crippen LogP contribution in [0.2, 0.25) is 0 Å². The summed E-state index contributed by atoms with van der Waals surface area (Å²) in [5, 5.41) is 5.21. The summed E-state index contributed by atoms with van der Waals surface area (Å²) >= 11 is 0. The Hall–Kier alpha value is -2.63. The predicted molar refractivity (Wildman–Crippen MR) is 77.7 cm³/mol. The molecule has 0 aliphatic carbocycles. The highest BCUT2D eigenvalue weighted by atomic mass is 19.1. The number of hydrogen-bond donors (Lipinski definition) is 2. The third-order valence-corrected chi connectivity index (χ3v) is 2.70. The van der Waals surface area contributed by atoms with Gasteiger partial charge in [0.2, 0.25) is 5.88 Å². The van der Waals surface area contributed by atoms with Crippen molar-refractivity contribution in [2.75, 3.05) is 11.9 Å². The van der Waals surface area contributed by atoms with Gasteiger partial charge in [-0.2, -0.15) is 0 Å². The Bertz CT molecular complexity index is 619. The molecule has 0 unspecified atom stereocenters. The number of nitrogens with zero attached hydrogens (tertiary/aromatic N) is 1. The van der Waals surface area contributed by atoms with E-state index in [1.54, 1.807) is 36.5 Å². The lowest BCUT2D eigenvalue weighted by atomic mass is 10.2. The van der Waals surface area contributed by atoms with Gasteiger partial charge in [0.05, 0.1) is 6.61 Å². The molecule has 0 saturated carbocycles. The van der Waals surface area contributed by atoms with Crippen molar-refractivity contribution >= 4 is 11.7 Å². The zero-order chi connectivity index (χ0) is 15.1. The van der Waals surface area contributed by atoms with Crippen LogP contribution in [0.1, 0.15) is 12.5 Å². The molecule has 1 heterocycles. The molecule has 1 aromatic heterocycles. The molecule has 0 fully saturated rings. The van der Waals surface area contributed by atoms with Crippen LogP contribution in [0, 0.1) is 5.82 Å². The molecule has 0 saturated heterocycles. The van der Waals surface area contributed by atoms with Crippen molar-refractivity contribution in [1.82, 2.24) is 10.3 Å². The van der Waals surface area contributed by atoms with Gasteiger partial charge in [-0.1, -0.05) is 18.2 Å². The number of halogens is 1. The molecule has 1 aromatic carbocycles. The van der Waals surface area contributed by atoms with Crippen molar-refractivity contribution in [1.29, 1.82) is 0 Å². The Labute approximate surface area is 122 Å². The van der Waals surface area contributed by atoms with E-state index in [1.165, 1.54) is 6.07 Å². The largest absolute Gasteiger partial charge is 0.476 e. The summed E-state index contributed by atoms with van der Waals surface area (Å²) in [6.45, 7) is 2.38. The van der Waals surface area contributed by atoms with Crippen LogP contribution in [-0.2, 0) is 6.54 Å². The van der Waals surface area contributed by atoms with Gasteiger partial charge in [0, 0.05) is 18.3 Å². The zero-order valence-electron chi connectivity index (χ0n) is 11.6. The first-order valence-electron chi connectivity index (χ1n) is 6.56.